The number of fused-ring (bicyclic) bond motifs is 5. The van der Waals surface area contributed by atoms with Gasteiger partial charge >= 0.3 is 6.03 Å². The van der Waals surface area contributed by atoms with Crippen molar-refractivity contribution in [2.45, 2.75) is 31.7 Å². The number of urea groups is 1. The quantitative estimate of drug-likeness (QED) is 0.746. The van der Waals surface area contributed by atoms with Crippen LogP contribution in [-0.2, 0) is 6.42 Å². The second kappa shape index (κ2) is 6.11. The normalized spacial score (nSPS) is 34.7. The van der Waals surface area contributed by atoms with Crippen molar-refractivity contribution < 1.29 is 9.90 Å². The summed E-state index contributed by atoms with van der Waals surface area (Å²) < 4.78 is 0. The Morgan fingerprint density at radius 2 is 2.09 bits per heavy atom. The van der Waals surface area contributed by atoms with E-state index < -0.39 is 0 Å². The van der Waals surface area contributed by atoms with Crippen molar-refractivity contribution in [2.24, 2.45) is 29.6 Å². The Balaban J connectivity index is 1.22. The Hall–Kier alpha value is -1.62. The SMILES string of the molecule is O=C(NCC(CO)Cc1ccccn1)NC1C2C3CCC(C3)C12. The predicted molar refractivity (Wildman–Crippen MR) is 86.7 cm³/mol. The molecule has 124 valence electrons. The number of hydrogen-bond acceptors (Lipinski definition) is 3. The van der Waals surface area contributed by atoms with E-state index in [-0.39, 0.29) is 18.6 Å². The topological polar surface area (TPSA) is 74.2 Å². The van der Waals surface area contributed by atoms with Gasteiger partial charge in [0, 0.05) is 37.0 Å². The Bertz CT molecular complexity index is 549. The number of aromatic nitrogens is 1. The molecule has 3 fully saturated rings. The molecule has 3 aliphatic rings. The highest BCUT2D eigenvalue weighted by molar-refractivity contribution is 5.74. The van der Waals surface area contributed by atoms with Crippen LogP contribution in [0.25, 0.3) is 0 Å². The lowest BCUT2D eigenvalue weighted by atomic mass is 10.0. The Labute approximate surface area is 136 Å². The van der Waals surface area contributed by atoms with E-state index in [0.29, 0.717) is 19.0 Å². The maximum Gasteiger partial charge on any atom is 0.315 e. The molecule has 5 nitrogen and oxygen atoms in total. The summed E-state index contributed by atoms with van der Waals surface area (Å²) in [5.74, 6) is 3.24. The van der Waals surface area contributed by atoms with Gasteiger partial charge < -0.3 is 15.7 Å². The van der Waals surface area contributed by atoms with Crippen molar-refractivity contribution in [2.75, 3.05) is 13.2 Å². The Morgan fingerprint density at radius 1 is 1.30 bits per heavy atom. The number of amides is 2. The summed E-state index contributed by atoms with van der Waals surface area (Å²) >= 11 is 0. The zero-order valence-electron chi connectivity index (χ0n) is 13.3. The molecule has 0 radical (unpaired) electrons. The van der Waals surface area contributed by atoms with Gasteiger partial charge in [-0.25, -0.2) is 4.79 Å². The lowest BCUT2D eigenvalue weighted by Crippen LogP contribution is -2.41. The lowest BCUT2D eigenvalue weighted by Gasteiger charge is -2.16. The summed E-state index contributed by atoms with van der Waals surface area (Å²) in [6, 6.07) is 6.09. The van der Waals surface area contributed by atoms with Crippen molar-refractivity contribution in [3.8, 4) is 0 Å². The largest absolute Gasteiger partial charge is 0.396 e. The zero-order chi connectivity index (χ0) is 15.8. The van der Waals surface area contributed by atoms with E-state index in [1.54, 1.807) is 6.20 Å². The highest BCUT2D eigenvalue weighted by Gasteiger charge is 2.65. The number of aliphatic hydroxyl groups is 1. The van der Waals surface area contributed by atoms with Crippen LogP contribution >= 0.6 is 0 Å². The molecule has 3 aliphatic carbocycles. The van der Waals surface area contributed by atoms with Crippen LogP contribution in [0.1, 0.15) is 25.0 Å². The molecule has 0 aromatic carbocycles. The van der Waals surface area contributed by atoms with E-state index in [4.69, 9.17) is 0 Å². The number of rotatable bonds is 6. The molecule has 1 aromatic heterocycles. The predicted octanol–water partition coefficient (Wildman–Crippen LogP) is 1.58. The van der Waals surface area contributed by atoms with Crippen molar-refractivity contribution in [3.05, 3.63) is 30.1 Å². The molecule has 3 saturated carbocycles. The van der Waals surface area contributed by atoms with Crippen LogP contribution in [0.15, 0.2) is 24.4 Å². The van der Waals surface area contributed by atoms with Crippen LogP contribution < -0.4 is 10.6 Å². The molecule has 4 rings (SSSR count). The molecule has 5 atom stereocenters. The van der Waals surface area contributed by atoms with Gasteiger partial charge in [-0.15, -0.1) is 0 Å². The van der Waals surface area contributed by atoms with Crippen LogP contribution in [0.4, 0.5) is 4.79 Å². The third-order valence-electron chi connectivity index (χ3n) is 6.07. The molecule has 23 heavy (non-hydrogen) atoms. The molecule has 1 aromatic rings. The molecule has 5 unspecified atom stereocenters. The van der Waals surface area contributed by atoms with E-state index in [2.05, 4.69) is 15.6 Å². The van der Waals surface area contributed by atoms with Crippen molar-refractivity contribution >= 4 is 6.03 Å². The van der Waals surface area contributed by atoms with Gasteiger partial charge in [-0.3, -0.25) is 4.98 Å². The van der Waals surface area contributed by atoms with E-state index >= 15 is 0 Å². The Kier molecular flexibility index (Phi) is 3.97. The first-order valence-electron chi connectivity index (χ1n) is 8.81. The summed E-state index contributed by atoms with van der Waals surface area (Å²) in [7, 11) is 0. The summed E-state index contributed by atoms with van der Waals surface area (Å²) in [6.07, 6.45) is 6.55. The molecule has 0 aliphatic heterocycles. The minimum absolute atomic E-state index is 0.00512. The van der Waals surface area contributed by atoms with Gasteiger partial charge in [0.25, 0.3) is 0 Å². The van der Waals surface area contributed by atoms with Crippen LogP contribution in [0, 0.1) is 29.6 Å². The molecule has 1 heterocycles. The van der Waals surface area contributed by atoms with E-state index in [0.717, 1.165) is 29.4 Å². The molecule has 5 heteroatoms. The maximum atomic E-state index is 12.1. The van der Waals surface area contributed by atoms with E-state index in [1.807, 2.05) is 18.2 Å². The maximum absolute atomic E-state index is 12.1. The Morgan fingerprint density at radius 3 is 2.74 bits per heavy atom. The first-order chi connectivity index (χ1) is 11.3. The number of aliphatic hydroxyl groups excluding tert-OH is 1. The standard InChI is InChI=1S/C18H25N3O2/c22-10-11(7-14-3-1-2-6-19-14)9-20-18(23)21-17-15-12-4-5-13(8-12)16(15)17/h1-3,6,11-13,15-17,22H,4-5,7-10H2,(H2,20,21,23). The molecule has 3 N–H and O–H groups in total. The monoisotopic (exact) mass is 315 g/mol. The average molecular weight is 315 g/mol. The highest BCUT2D eigenvalue weighted by Crippen LogP contribution is 2.65. The molecular formula is C18H25N3O2. The fraction of sp³-hybridized carbons (Fsp3) is 0.667. The third-order valence-corrected chi connectivity index (χ3v) is 6.07. The van der Waals surface area contributed by atoms with Gasteiger partial charge in [0.15, 0.2) is 0 Å². The fourth-order valence-electron chi connectivity index (χ4n) is 4.97. The minimum Gasteiger partial charge on any atom is -0.396 e. The number of nitrogens with one attached hydrogen (secondary N) is 2. The third kappa shape index (κ3) is 2.94. The molecule has 2 bridgehead atoms. The van der Waals surface area contributed by atoms with E-state index in [9.17, 15) is 9.90 Å². The first kappa shape index (κ1) is 14.9. The zero-order valence-corrected chi connectivity index (χ0v) is 13.3. The van der Waals surface area contributed by atoms with Crippen molar-refractivity contribution in [1.29, 1.82) is 0 Å². The second-order valence-electron chi connectivity index (χ2n) is 7.44. The van der Waals surface area contributed by atoms with Crippen LogP contribution in [0.5, 0.6) is 0 Å². The van der Waals surface area contributed by atoms with Gasteiger partial charge in [-0.1, -0.05) is 6.07 Å². The number of nitrogens with zero attached hydrogens (tertiary/aromatic N) is 1. The smallest absolute Gasteiger partial charge is 0.315 e. The van der Waals surface area contributed by atoms with Gasteiger partial charge in [-0.2, -0.15) is 0 Å². The molecular weight excluding hydrogens is 290 g/mol. The van der Waals surface area contributed by atoms with Gasteiger partial charge in [0.2, 0.25) is 0 Å². The van der Waals surface area contributed by atoms with Crippen LogP contribution in [-0.4, -0.2) is 35.3 Å². The first-order valence-corrected chi connectivity index (χ1v) is 8.81. The van der Waals surface area contributed by atoms with Crippen LogP contribution in [0.3, 0.4) is 0 Å². The van der Waals surface area contributed by atoms with Gasteiger partial charge in [0.1, 0.15) is 0 Å². The second-order valence-corrected chi connectivity index (χ2v) is 7.44. The van der Waals surface area contributed by atoms with Crippen LogP contribution in [0.2, 0.25) is 0 Å². The summed E-state index contributed by atoms with van der Waals surface area (Å²) in [6.45, 7) is 0.531. The number of carbonyl (C=O) groups is 1. The van der Waals surface area contributed by atoms with Crippen molar-refractivity contribution in [1.82, 2.24) is 15.6 Å². The molecule has 2 amide bonds. The minimum atomic E-state index is -0.0803. The number of carbonyl (C=O) groups excluding carboxylic acids is 1. The summed E-state index contributed by atoms with van der Waals surface area (Å²) in [5.41, 5.74) is 0.946. The average Bonchev–Trinajstić information content (AvgIpc) is 2.95. The summed E-state index contributed by atoms with van der Waals surface area (Å²) in [4.78, 5) is 16.4. The molecule has 0 saturated heterocycles. The van der Waals surface area contributed by atoms with Gasteiger partial charge in [-0.05, 0) is 61.5 Å². The summed E-state index contributed by atoms with van der Waals surface area (Å²) in [5, 5.41) is 15.6. The van der Waals surface area contributed by atoms with Gasteiger partial charge in [0.05, 0.1) is 0 Å². The highest BCUT2D eigenvalue weighted by atomic mass is 16.3. The number of pyridine rings is 1. The number of hydrogen-bond donors (Lipinski definition) is 3. The van der Waals surface area contributed by atoms with Crippen molar-refractivity contribution in [3.63, 3.8) is 0 Å². The lowest BCUT2D eigenvalue weighted by molar-refractivity contribution is 0.212. The van der Waals surface area contributed by atoms with E-state index in [1.165, 1.54) is 19.3 Å². The molecule has 0 spiro atoms. The fourth-order valence-corrected chi connectivity index (χ4v) is 4.97.